The Morgan fingerprint density at radius 2 is 0.512 bits per heavy atom. The van der Waals surface area contributed by atoms with Gasteiger partial charge in [-0.1, -0.05) is 182 Å². The molecule has 0 fully saturated rings. The van der Waals surface area contributed by atoms with Crippen LogP contribution in [0.4, 0.5) is 17.1 Å². The van der Waals surface area contributed by atoms with E-state index in [0.29, 0.717) is 44.9 Å². The minimum atomic E-state index is -1.67. The van der Waals surface area contributed by atoms with Gasteiger partial charge in [0.25, 0.3) is 22.3 Å². The highest BCUT2D eigenvalue weighted by Crippen LogP contribution is 2.14. The normalized spacial score (nSPS) is 8.33. The van der Waals surface area contributed by atoms with Crippen molar-refractivity contribution in [2.75, 3.05) is 16.4 Å². The van der Waals surface area contributed by atoms with Gasteiger partial charge in [-0.15, -0.1) is 0 Å². The first-order valence-electron chi connectivity index (χ1n) is 26.1. The summed E-state index contributed by atoms with van der Waals surface area (Å²) < 4.78 is 9.09. The SMILES string of the molecule is CC.CC.CC.CC.CC.CC.CC.Nc1ccc(C(=O)O)cc1.O=C(Cl)c1ccc(NC(=O)c2ccccc2)cc1.O=C(Cl)c1ccccc1.O=C(O)c1ccc(NC(=O)c2ccccc2)cc1.O=C(O)c1ccccc1.O=S(Cl)Cl. The van der Waals surface area contributed by atoms with E-state index in [-0.39, 0.29) is 22.9 Å². The Bertz CT molecular complexity index is 2570. The van der Waals surface area contributed by atoms with Gasteiger partial charge in [-0.25, -0.2) is 18.6 Å². The van der Waals surface area contributed by atoms with Crippen LogP contribution in [0, 0.1) is 0 Å². The molecule has 0 spiro atoms. The van der Waals surface area contributed by atoms with Gasteiger partial charge in [-0.3, -0.25) is 19.2 Å². The number of aromatic carboxylic acids is 3. The molecule has 7 aromatic rings. The molecule has 0 saturated carbocycles. The molecule has 0 heterocycles. The number of nitrogens with one attached hydrogen (secondary N) is 2. The molecular formula is C63H81Cl4N3O11S. The van der Waals surface area contributed by atoms with Gasteiger partial charge in [0.15, 0.2) is 0 Å². The predicted molar refractivity (Wildman–Crippen MR) is 346 cm³/mol. The van der Waals surface area contributed by atoms with Gasteiger partial charge in [-0.05, 0) is 132 Å². The van der Waals surface area contributed by atoms with E-state index in [1.165, 1.54) is 24.3 Å². The second-order valence-electron chi connectivity index (χ2n) is 12.8. The molecule has 0 radical (unpaired) electrons. The number of rotatable bonds is 9. The highest BCUT2D eigenvalue weighted by Gasteiger charge is 2.08. The van der Waals surface area contributed by atoms with Crippen LogP contribution >= 0.6 is 44.6 Å². The number of carbonyl (C=O) groups is 7. The van der Waals surface area contributed by atoms with Gasteiger partial charge in [0.05, 0.1) is 16.7 Å². The Kier molecular flexibility index (Phi) is 62.1. The first-order chi connectivity index (χ1) is 39.4. The summed E-state index contributed by atoms with van der Waals surface area (Å²) in [4.78, 5) is 76.1. The zero-order valence-corrected chi connectivity index (χ0v) is 52.9. The summed E-state index contributed by atoms with van der Waals surface area (Å²) >= 11 is 10.5. The van der Waals surface area contributed by atoms with Gasteiger partial charge < -0.3 is 31.7 Å². The number of hydrogen-bond acceptors (Lipinski definition) is 9. The van der Waals surface area contributed by atoms with Gasteiger partial charge >= 0.3 is 17.9 Å². The second-order valence-corrected chi connectivity index (χ2v) is 16.0. The molecule has 0 aliphatic heterocycles. The fourth-order valence-corrected chi connectivity index (χ4v) is 4.99. The lowest BCUT2D eigenvalue weighted by molar-refractivity contribution is 0.0686. The summed E-state index contributed by atoms with van der Waals surface area (Å²) in [6.07, 6.45) is 0. The summed E-state index contributed by atoms with van der Waals surface area (Å²) in [5, 5.41) is 30.1. The summed E-state index contributed by atoms with van der Waals surface area (Å²) in [6.45, 7) is 28.0. The number of halogens is 4. The molecule has 7 aromatic carbocycles. The first-order valence-corrected chi connectivity index (χ1v) is 29.7. The Labute approximate surface area is 507 Å². The van der Waals surface area contributed by atoms with Crippen LogP contribution in [-0.2, 0) is 9.23 Å². The molecule has 19 heteroatoms. The largest absolute Gasteiger partial charge is 0.478 e. The number of nitrogen functional groups attached to an aromatic ring is 1. The lowest BCUT2D eigenvalue weighted by Gasteiger charge is -2.05. The first kappa shape index (κ1) is 85.6. The fraction of sp³-hybridized carbons (Fsp3) is 0.222. The minimum absolute atomic E-state index is 0.188. The van der Waals surface area contributed by atoms with E-state index in [0.717, 1.165) is 0 Å². The van der Waals surface area contributed by atoms with E-state index in [1.54, 1.807) is 152 Å². The Morgan fingerprint density at radius 3 is 0.720 bits per heavy atom. The van der Waals surface area contributed by atoms with Crippen molar-refractivity contribution in [3.8, 4) is 0 Å². The molecule has 0 aliphatic carbocycles. The summed E-state index contributed by atoms with van der Waals surface area (Å²) in [6, 6.07) is 53.2. The maximum Gasteiger partial charge on any atom is 0.335 e. The van der Waals surface area contributed by atoms with E-state index in [1.807, 2.05) is 115 Å². The molecule has 14 nitrogen and oxygen atoms in total. The number of amides is 2. The third kappa shape index (κ3) is 45.1. The molecule has 0 bridgehead atoms. The van der Waals surface area contributed by atoms with Crippen LogP contribution in [-0.4, -0.2) is 59.7 Å². The predicted octanol–water partition coefficient (Wildman–Crippen LogP) is 18.6. The quantitative estimate of drug-likeness (QED) is 0.0584. The molecule has 7 rings (SSSR count). The number of nitrogens with two attached hydrogens (primary N) is 1. The van der Waals surface area contributed by atoms with Crippen molar-refractivity contribution in [1.29, 1.82) is 0 Å². The van der Waals surface area contributed by atoms with Crippen molar-refractivity contribution in [2.24, 2.45) is 0 Å². The van der Waals surface area contributed by atoms with Crippen molar-refractivity contribution in [2.45, 2.75) is 96.9 Å². The van der Waals surface area contributed by atoms with Crippen LogP contribution < -0.4 is 16.4 Å². The number of carboxylic acids is 3. The lowest BCUT2D eigenvalue weighted by atomic mass is 10.2. The monoisotopic (exact) mass is 1230 g/mol. The molecule has 448 valence electrons. The zero-order chi connectivity index (χ0) is 64.4. The van der Waals surface area contributed by atoms with E-state index >= 15 is 0 Å². The third-order valence-corrected chi connectivity index (χ3v) is 8.45. The van der Waals surface area contributed by atoms with Crippen molar-refractivity contribution in [3.63, 3.8) is 0 Å². The van der Waals surface area contributed by atoms with Crippen molar-refractivity contribution in [3.05, 3.63) is 233 Å². The average Bonchev–Trinajstić information content (AvgIpc) is 3.52. The second kappa shape index (κ2) is 59.5. The van der Waals surface area contributed by atoms with E-state index < -0.39 is 37.6 Å². The lowest BCUT2D eigenvalue weighted by Crippen LogP contribution is -2.11. The van der Waals surface area contributed by atoms with E-state index in [4.69, 9.17) is 48.5 Å². The van der Waals surface area contributed by atoms with Gasteiger partial charge in [-0.2, -0.15) is 0 Å². The minimum Gasteiger partial charge on any atom is -0.478 e. The fourth-order valence-electron chi connectivity index (χ4n) is 4.74. The molecule has 0 aromatic heterocycles. The summed E-state index contributed by atoms with van der Waals surface area (Å²) in [5.74, 6) is -3.22. The molecule has 2 amide bonds. The molecular weight excluding hydrogens is 1150 g/mol. The van der Waals surface area contributed by atoms with Crippen molar-refractivity contribution in [1.82, 2.24) is 0 Å². The van der Waals surface area contributed by atoms with Crippen LogP contribution in [0.15, 0.2) is 194 Å². The van der Waals surface area contributed by atoms with Crippen LogP contribution in [0.1, 0.15) is 169 Å². The Balaban J connectivity index is -0.000000210. The van der Waals surface area contributed by atoms with Crippen LogP contribution in [0.25, 0.3) is 0 Å². The number of carbonyl (C=O) groups excluding carboxylic acids is 4. The van der Waals surface area contributed by atoms with Gasteiger partial charge in [0.2, 0.25) is 9.23 Å². The van der Waals surface area contributed by atoms with Gasteiger partial charge in [0, 0.05) is 60.7 Å². The number of carboxylic acid groups (broad SMARTS) is 3. The van der Waals surface area contributed by atoms with Gasteiger partial charge in [0.1, 0.15) is 0 Å². The zero-order valence-electron chi connectivity index (χ0n) is 49.1. The topological polar surface area (TPSA) is 247 Å². The summed E-state index contributed by atoms with van der Waals surface area (Å²) in [5.41, 5.74) is 9.94. The number of benzene rings is 7. The van der Waals surface area contributed by atoms with Crippen LogP contribution in [0.5, 0.6) is 0 Å². The maximum atomic E-state index is 11.8. The summed E-state index contributed by atoms with van der Waals surface area (Å²) in [7, 11) is 7.36. The molecule has 0 aliphatic rings. The molecule has 0 atom stereocenters. The molecule has 82 heavy (non-hydrogen) atoms. The standard InChI is InChI=1S/C14H10ClNO2.C14H11NO3.C7H5ClO.C7H7NO2.C7H6O2.7C2H6.Cl2OS/c15-13(17)10-6-8-12(9-7-10)16-14(18)11-4-2-1-3-5-11;16-13(10-4-2-1-3-5-10)15-12-8-6-11(7-9-12)14(17)18;8-7(9)6-4-2-1-3-5-6;8-6-3-1-5(2-4-6)7(9)10;8-7(9)6-4-2-1-3-5-6;7*1-2;1-4(2)3/h1-9H,(H,16,18);1-9H,(H,15,16)(H,17,18);1-5H;1-4H,8H2,(H,9,10);1-5H,(H,8,9);7*1-2H3;. The van der Waals surface area contributed by atoms with Crippen LogP contribution in [0.3, 0.4) is 0 Å². The Hall–Kier alpha value is -7.66. The molecule has 0 unspecified atom stereocenters. The molecule has 0 saturated heterocycles. The third-order valence-electron chi connectivity index (χ3n) is 8.01. The smallest absolute Gasteiger partial charge is 0.335 e. The van der Waals surface area contributed by atoms with E-state index in [9.17, 15) is 33.6 Å². The van der Waals surface area contributed by atoms with Crippen molar-refractivity contribution < 1.29 is 53.1 Å². The number of anilines is 3. The maximum absolute atomic E-state index is 11.8. The van der Waals surface area contributed by atoms with Crippen LogP contribution in [0.2, 0.25) is 0 Å². The highest BCUT2D eigenvalue weighted by molar-refractivity contribution is 8.26. The van der Waals surface area contributed by atoms with E-state index in [2.05, 4.69) is 32.0 Å². The average molecular weight is 1230 g/mol. The highest BCUT2D eigenvalue weighted by atomic mass is 36.0. The molecule has 7 N–H and O–H groups in total. The van der Waals surface area contributed by atoms with Crippen molar-refractivity contribution >= 4 is 111 Å². The Morgan fingerprint density at radius 1 is 0.329 bits per heavy atom. The number of hydrogen-bond donors (Lipinski definition) is 6.